The van der Waals surface area contributed by atoms with Crippen LogP contribution in [-0.2, 0) is 24.4 Å². The lowest BCUT2D eigenvalue weighted by atomic mass is 10.0. The predicted octanol–water partition coefficient (Wildman–Crippen LogP) is 0.541. The van der Waals surface area contributed by atoms with Crippen LogP contribution in [0.2, 0.25) is 0 Å². The highest BCUT2D eigenvalue weighted by Crippen LogP contribution is 2.24. The van der Waals surface area contributed by atoms with Crippen molar-refractivity contribution in [2.75, 3.05) is 45.8 Å². The van der Waals surface area contributed by atoms with Crippen LogP contribution in [0, 0.1) is 5.92 Å². The minimum absolute atomic E-state index is 0.145. The van der Waals surface area contributed by atoms with Crippen molar-refractivity contribution >= 4 is 33.7 Å². The van der Waals surface area contributed by atoms with Gasteiger partial charge in [-0.05, 0) is 43.0 Å². The normalized spacial score (nSPS) is 20.8. The van der Waals surface area contributed by atoms with E-state index in [0.717, 1.165) is 17.7 Å². The molecule has 11 heteroatoms. The van der Waals surface area contributed by atoms with E-state index in [1.165, 1.54) is 28.6 Å². The van der Waals surface area contributed by atoms with Gasteiger partial charge in [-0.2, -0.15) is 4.31 Å². The third-order valence-corrected chi connectivity index (χ3v) is 8.76. The van der Waals surface area contributed by atoms with Gasteiger partial charge in [-0.1, -0.05) is 6.92 Å². The Labute approximate surface area is 199 Å². The zero-order valence-corrected chi connectivity index (χ0v) is 20.1. The minimum atomic E-state index is -3.58. The van der Waals surface area contributed by atoms with Crippen LogP contribution < -0.4 is 0 Å². The van der Waals surface area contributed by atoms with Crippen LogP contribution in [-0.4, -0.2) is 96.9 Å². The molecule has 184 valence electrons. The van der Waals surface area contributed by atoms with Gasteiger partial charge in [0, 0.05) is 57.7 Å². The van der Waals surface area contributed by atoms with Gasteiger partial charge in [-0.25, -0.2) is 8.42 Å². The molecule has 3 heterocycles. The molecule has 1 aromatic carbocycles. The van der Waals surface area contributed by atoms with E-state index < -0.39 is 10.0 Å². The molecule has 3 aliphatic heterocycles. The second-order valence-electron chi connectivity index (χ2n) is 9.16. The Hall–Kier alpha value is -2.79. The number of sulfonamides is 1. The van der Waals surface area contributed by atoms with E-state index in [-0.39, 0.29) is 47.9 Å². The third kappa shape index (κ3) is 5.00. The van der Waals surface area contributed by atoms with Crippen molar-refractivity contribution in [2.24, 2.45) is 5.92 Å². The molecule has 4 rings (SSSR count). The Balaban J connectivity index is 1.32. The molecule has 10 nitrogen and oxygen atoms in total. The number of rotatable bonds is 5. The van der Waals surface area contributed by atoms with Gasteiger partial charge in [-0.15, -0.1) is 0 Å². The third-order valence-electron chi connectivity index (χ3n) is 6.85. The summed E-state index contributed by atoms with van der Waals surface area (Å²) >= 11 is 0. The first kappa shape index (κ1) is 24.3. The molecule has 0 N–H and O–H groups in total. The molecular weight excluding hydrogens is 460 g/mol. The fourth-order valence-corrected chi connectivity index (χ4v) is 5.99. The summed E-state index contributed by atoms with van der Waals surface area (Å²) in [6, 6.07) is 6.02. The van der Waals surface area contributed by atoms with Crippen molar-refractivity contribution < 1.29 is 27.6 Å². The Bertz CT molecular complexity index is 1060. The molecular formula is C23H30N4O6S. The van der Waals surface area contributed by atoms with E-state index in [9.17, 15) is 27.6 Å². The number of imide groups is 1. The fourth-order valence-electron chi connectivity index (χ4n) is 4.52. The molecule has 3 saturated heterocycles. The number of piperazine rings is 1. The summed E-state index contributed by atoms with van der Waals surface area (Å²) < 4.78 is 27.3. The lowest BCUT2D eigenvalue weighted by Gasteiger charge is -2.35. The Morgan fingerprint density at radius 1 is 0.853 bits per heavy atom. The summed E-state index contributed by atoms with van der Waals surface area (Å²) in [6.07, 6.45) is 1.97. The van der Waals surface area contributed by atoms with Crippen molar-refractivity contribution in [2.45, 2.75) is 37.5 Å². The predicted molar refractivity (Wildman–Crippen MR) is 122 cm³/mol. The van der Waals surface area contributed by atoms with Crippen molar-refractivity contribution in [3.8, 4) is 0 Å². The molecule has 34 heavy (non-hydrogen) atoms. The zero-order valence-electron chi connectivity index (χ0n) is 19.3. The molecule has 0 aliphatic carbocycles. The molecule has 4 amide bonds. The highest BCUT2D eigenvalue weighted by molar-refractivity contribution is 7.89. The number of nitrogens with zero attached hydrogens (tertiary/aromatic N) is 4. The summed E-state index contributed by atoms with van der Waals surface area (Å²) in [6.45, 7) is 4.13. The summed E-state index contributed by atoms with van der Waals surface area (Å²) in [4.78, 5) is 53.2. The van der Waals surface area contributed by atoms with Crippen LogP contribution in [0.1, 0.15) is 43.0 Å². The maximum absolute atomic E-state index is 12.9. The molecule has 0 bridgehead atoms. The highest BCUT2D eigenvalue weighted by Gasteiger charge is 2.33. The first-order valence-corrected chi connectivity index (χ1v) is 13.1. The second kappa shape index (κ2) is 9.83. The Morgan fingerprint density at radius 2 is 1.38 bits per heavy atom. The van der Waals surface area contributed by atoms with Gasteiger partial charge >= 0.3 is 0 Å². The van der Waals surface area contributed by atoms with E-state index in [2.05, 4.69) is 6.92 Å². The average molecular weight is 491 g/mol. The standard InChI is InChI=1S/C23H30N4O6S/c1-17-8-10-26(11-9-17)34(32,33)19-4-2-18(3-5-19)23(31)25-14-12-24(13-15-25)22(30)16-27-20(28)6-7-21(27)29/h2-5,17H,6-16H2,1H3. The van der Waals surface area contributed by atoms with Crippen LogP contribution in [0.5, 0.6) is 0 Å². The van der Waals surface area contributed by atoms with Gasteiger partial charge < -0.3 is 9.80 Å². The lowest BCUT2D eigenvalue weighted by molar-refractivity contribution is -0.146. The van der Waals surface area contributed by atoms with Gasteiger partial charge in [0.1, 0.15) is 6.54 Å². The molecule has 1 aromatic rings. The van der Waals surface area contributed by atoms with Crippen LogP contribution in [0.4, 0.5) is 0 Å². The van der Waals surface area contributed by atoms with E-state index in [1.54, 1.807) is 9.80 Å². The largest absolute Gasteiger partial charge is 0.338 e. The van der Waals surface area contributed by atoms with Gasteiger partial charge in [0.2, 0.25) is 27.7 Å². The number of amides is 4. The average Bonchev–Trinajstić information content (AvgIpc) is 3.16. The van der Waals surface area contributed by atoms with E-state index in [4.69, 9.17) is 0 Å². The number of piperidine rings is 1. The number of carbonyl (C=O) groups excluding carboxylic acids is 4. The van der Waals surface area contributed by atoms with Gasteiger partial charge in [0.25, 0.3) is 5.91 Å². The smallest absolute Gasteiger partial charge is 0.253 e. The van der Waals surface area contributed by atoms with Gasteiger partial charge in [0.05, 0.1) is 4.90 Å². The maximum atomic E-state index is 12.9. The van der Waals surface area contributed by atoms with Crippen molar-refractivity contribution in [3.05, 3.63) is 29.8 Å². The molecule has 0 unspecified atom stereocenters. The number of hydrogen-bond donors (Lipinski definition) is 0. The second-order valence-corrected chi connectivity index (χ2v) is 11.1. The summed E-state index contributed by atoms with van der Waals surface area (Å²) in [5, 5.41) is 0. The van der Waals surface area contributed by atoms with Gasteiger partial charge in [-0.3, -0.25) is 24.1 Å². The minimum Gasteiger partial charge on any atom is -0.338 e. The molecule has 0 aromatic heterocycles. The zero-order chi connectivity index (χ0) is 24.5. The van der Waals surface area contributed by atoms with E-state index >= 15 is 0 Å². The summed E-state index contributed by atoms with van der Waals surface area (Å²) in [7, 11) is -3.58. The van der Waals surface area contributed by atoms with Crippen molar-refractivity contribution in [1.29, 1.82) is 0 Å². The monoisotopic (exact) mass is 490 g/mol. The molecule has 0 atom stereocenters. The molecule has 3 fully saturated rings. The van der Waals surface area contributed by atoms with E-state index in [0.29, 0.717) is 50.7 Å². The van der Waals surface area contributed by atoms with Crippen LogP contribution in [0.15, 0.2) is 29.2 Å². The van der Waals surface area contributed by atoms with Crippen molar-refractivity contribution in [3.63, 3.8) is 0 Å². The topological polar surface area (TPSA) is 115 Å². The van der Waals surface area contributed by atoms with Crippen LogP contribution in [0.3, 0.4) is 0 Å². The number of likely N-dealkylation sites (tertiary alicyclic amines) is 1. The maximum Gasteiger partial charge on any atom is 0.253 e. The van der Waals surface area contributed by atoms with E-state index in [1.807, 2.05) is 0 Å². The molecule has 0 saturated carbocycles. The molecule has 0 spiro atoms. The number of benzene rings is 1. The van der Waals surface area contributed by atoms with Crippen LogP contribution >= 0.6 is 0 Å². The quantitative estimate of drug-likeness (QED) is 0.557. The number of hydrogen-bond acceptors (Lipinski definition) is 6. The first-order valence-electron chi connectivity index (χ1n) is 11.7. The Kier molecular flexibility index (Phi) is 7.04. The highest BCUT2D eigenvalue weighted by atomic mass is 32.2. The summed E-state index contributed by atoms with van der Waals surface area (Å²) in [5.74, 6) is -0.669. The molecule has 0 radical (unpaired) electrons. The Morgan fingerprint density at radius 3 is 1.94 bits per heavy atom. The molecule has 3 aliphatic rings. The van der Waals surface area contributed by atoms with Crippen molar-refractivity contribution in [1.82, 2.24) is 19.0 Å². The SMILES string of the molecule is CC1CCN(S(=O)(=O)c2ccc(C(=O)N3CCN(C(=O)CN4C(=O)CCC4=O)CC3)cc2)CC1. The van der Waals surface area contributed by atoms with Crippen LogP contribution in [0.25, 0.3) is 0 Å². The van der Waals surface area contributed by atoms with Gasteiger partial charge in [0.15, 0.2) is 0 Å². The first-order chi connectivity index (χ1) is 16.2. The summed E-state index contributed by atoms with van der Waals surface area (Å²) in [5.41, 5.74) is 0.388. The fraction of sp³-hybridized carbons (Fsp3) is 0.565. The number of carbonyl (C=O) groups is 4. The lowest BCUT2D eigenvalue weighted by Crippen LogP contribution is -2.53.